The molecule has 0 N–H and O–H groups in total. The SMILES string of the molecule is CC.COCCOc1ccc(C)nc1Br. The largest absolute Gasteiger partial charge is 0.488 e. The second-order valence-electron chi connectivity index (χ2n) is 2.58. The number of nitrogens with zero attached hydrogens (tertiary/aromatic N) is 1. The standard InChI is InChI=1S/C9H12BrNO2.C2H6/c1-7-3-4-8(9(10)11-7)13-6-5-12-2;1-2/h3-4H,5-6H2,1-2H3;1-2H3. The third kappa shape index (κ3) is 5.74. The molecule has 86 valence electrons. The summed E-state index contributed by atoms with van der Waals surface area (Å²) in [7, 11) is 1.64. The molecule has 0 aromatic carbocycles. The van der Waals surface area contributed by atoms with E-state index < -0.39 is 0 Å². The van der Waals surface area contributed by atoms with Crippen molar-refractivity contribution in [1.82, 2.24) is 4.98 Å². The number of pyridine rings is 1. The van der Waals surface area contributed by atoms with Gasteiger partial charge in [-0.05, 0) is 35.0 Å². The van der Waals surface area contributed by atoms with Gasteiger partial charge in [-0.1, -0.05) is 13.8 Å². The zero-order valence-corrected chi connectivity index (χ0v) is 11.3. The number of halogens is 1. The molecule has 0 saturated carbocycles. The quantitative estimate of drug-likeness (QED) is 0.625. The van der Waals surface area contributed by atoms with E-state index in [0.29, 0.717) is 13.2 Å². The third-order valence-corrected chi connectivity index (χ3v) is 2.07. The van der Waals surface area contributed by atoms with Crippen LogP contribution < -0.4 is 4.74 Å². The number of hydrogen-bond acceptors (Lipinski definition) is 3. The van der Waals surface area contributed by atoms with Crippen molar-refractivity contribution in [2.45, 2.75) is 20.8 Å². The second kappa shape index (κ2) is 8.68. The van der Waals surface area contributed by atoms with E-state index in [4.69, 9.17) is 9.47 Å². The van der Waals surface area contributed by atoms with Gasteiger partial charge in [0.2, 0.25) is 0 Å². The van der Waals surface area contributed by atoms with E-state index in [1.165, 1.54) is 0 Å². The molecule has 1 aromatic heterocycles. The number of hydrogen-bond donors (Lipinski definition) is 0. The van der Waals surface area contributed by atoms with Crippen LogP contribution in [0.3, 0.4) is 0 Å². The molecule has 15 heavy (non-hydrogen) atoms. The summed E-state index contributed by atoms with van der Waals surface area (Å²) >= 11 is 3.32. The lowest BCUT2D eigenvalue weighted by atomic mass is 10.4. The van der Waals surface area contributed by atoms with E-state index in [0.717, 1.165) is 16.0 Å². The van der Waals surface area contributed by atoms with Crippen LogP contribution in [-0.4, -0.2) is 25.3 Å². The zero-order chi connectivity index (χ0) is 11.7. The lowest BCUT2D eigenvalue weighted by molar-refractivity contribution is 0.145. The molecule has 1 rings (SSSR count). The molecule has 0 spiro atoms. The Morgan fingerprint density at radius 3 is 2.47 bits per heavy atom. The topological polar surface area (TPSA) is 31.4 Å². The first-order valence-corrected chi connectivity index (χ1v) is 5.78. The monoisotopic (exact) mass is 275 g/mol. The lowest BCUT2D eigenvalue weighted by Gasteiger charge is -2.06. The van der Waals surface area contributed by atoms with Gasteiger partial charge in [0.1, 0.15) is 11.2 Å². The first kappa shape index (κ1) is 14.4. The predicted molar refractivity (Wildman–Crippen MR) is 65.4 cm³/mol. The fourth-order valence-corrected chi connectivity index (χ4v) is 1.38. The van der Waals surface area contributed by atoms with Crippen molar-refractivity contribution in [3.05, 3.63) is 22.4 Å². The minimum Gasteiger partial charge on any atom is -0.488 e. The van der Waals surface area contributed by atoms with Crippen LogP contribution in [-0.2, 0) is 4.74 Å². The molecule has 0 saturated heterocycles. The van der Waals surface area contributed by atoms with Gasteiger partial charge in [-0.2, -0.15) is 0 Å². The Morgan fingerprint density at radius 2 is 1.93 bits per heavy atom. The molecule has 0 bridgehead atoms. The summed E-state index contributed by atoms with van der Waals surface area (Å²) in [4.78, 5) is 4.20. The van der Waals surface area contributed by atoms with E-state index in [1.807, 2.05) is 32.9 Å². The molecule has 0 fully saturated rings. The van der Waals surface area contributed by atoms with Crippen LogP contribution in [0, 0.1) is 6.92 Å². The number of aromatic nitrogens is 1. The van der Waals surface area contributed by atoms with Crippen molar-refractivity contribution in [2.75, 3.05) is 20.3 Å². The molecule has 0 aliphatic rings. The van der Waals surface area contributed by atoms with Gasteiger partial charge in [0, 0.05) is 12.8 Å². The van der Waals surface area contributed by atoms with Gasteiger partial charge in [-0.15, -0.1) is 0 Å². The molecule has 0 atom stereocenters. The van der Waals surface area contributed by atoms with Crippen LogP contribution in [0.1, 0.15) is 19.5 Å². The van der Waals surface area contributed by atoms with E-state index in [2.05, 4.69) is 20.9 Å². The van der Waals surface area contributed by atoms with Gasteiger partial charge >= 0.3 is 0 Å². The van der Waals surface area contributed by atoms with Gasteiger partial charge in [-0.25, -0.2) is 4.98 Å². The Labute approximate surface area is 99.9 Å². The summed E-state index contributed by atoms with van der Waals surface area (Å²) in [6.07, 6.45) is 0. The Kier molecular flexibility index (Phi) is 8.33. The van der Waals surface area contributed by atoms with Crippen molar-refractivity contribution >= 4 is 15.9 Å². The Morgan fingerprint density at radius 1 is 1.27 bits per heavy atom. The maximum Gasteiger partial charge on any atom is 0.152 e. The third-order valence-electron chi connectivity index (χ3n) is 1.50. The highest BCUT2D eigenvalue weighted by molar-refractivity contribution is 9.10. The first-order valence-electron chi connectivity index (χ1n) is 4.99. The normalized spacial score (nSPS) is 9.13. The van der Waals surface area contributed by atoms with E-state index in [1.54, 1.807) is 7.11 Å². The summed E-state index contributed by atoms with van der Waals surface area (Å²) in [5.74, 6) is 0.752. The van der Waals surface area contributed by atoms with Gasteiger partial charge in [-0.3, -0.25) is 0 Å². The van der Waals surface area contributed by atoms with Crippen molar-refractivity contribution < 1.29 is 9.47 Å². The highest BCUT2D eigenvalue weighted by Gasteiger charge is 2.01. The molecule has 0 radical (unpaired) electrons. The highest BCUT2D eigenvalue weighted by atomic mass is 79.9. The van der Waals surface area contributed by atoms with Crippen LogP contribution in [0.4, 0.5) is 0 Å². The minimum absolute atomic E-state index is 0.542. The van der Waals surface area contributed by atoms with Crippen molar-refractivity contribution in [2.24, 2.45) is 0 Å². The number of methoxy groups -OCH3 is 1. The molecule has 1 heterocycles. The number of rotatable bonds is 4. The number of ether oxygens (including phenoxy) is 2. The van der Waals surface area contributed by atoms with Crippen LogP contribution in [0.5, 0.6) is 5.75 Å². The summed E-state index contributed by atoms with van der Waals surface area (Å²) in [5, 5.41) is 0. The minimum atomic E-state index is 0.542. The zero-order valence-electron chi connectivity index (χ0n) is 9.71. The van der Waals surface area contributed by atoms with Crippen LogP contribution in [0.15, 0.2) is 16.7 Å². The number of aryl methyl sites for hydroxylation is 1. The average molecular weight is 276 g/mol. The Bertz CT molecular complexity index is 279. The molecule has 3 nitrogen and oxygen atoms in total. The predicted octanol–water partition coefficient (Wildman–Crippen LogP) is 3.20. The highest BCUT2D eigenvalue weighted by Crippen LogP contribution is 2.22. The van der Waals surface area contributed by atoms with Crippen LogP contribution in [0.25, 0.3) is 0 Å². The molecule has 0 aliphatic heterocycles. The van der Waals surface area contributed by atoms with E-state index >= 15 is 0 Å². The molecular formula is C11H18BrNO2. The van der Waals surface area contributed by atoms with Crippen LogP contribution >= 0.6 is 15.9 Å². The molecular weight excluding hydrogens is 258 g/mol. The van der Waals surface area contributed by atoms with Crippen molar-refractivity contribution in [3.8, 4) is 5.75 Å². The summed E-state index contributed by atoms with van der Waals surface area (Å²) in [6.45, 7) is 7.06. The fourth-order valence-electron chi connectivity index (χ4n) is 0.855. The van der Waals surface area contributed by atoms with Gasteiger partial charge in [0.05, 0.1) is 6.61 Å². The molecule has 0 unspecified atom stereocenters. The summed E-state index contributed by atoms with van der Waals surface area (Å²) in [6, 6.07) is 3.80. The second-order valence-corrected chi connectivity index (χ2v) is 3.33. The van der Waals surface area contributed by atoms with Gasteiger partial charge < -0.3 is 9.47 Å². The molecule has 4 heteroatoms. The van der Waals surface area contributed by atoms with Crippen molar-refractivity contribution in [1.29, 1.82) is 0 Å². The Hall–Kier alpha value is -0.610. The van der Waals surface area contributed by atoms with Crippen molar-refractivity contribution in [3.63, 3.8) is 0 Å². The van der Waals surface area contributed by atoms with Crippen LogP contribution in [0.2, 0.25) is 0 Å². The maximum atomic E-state index is 5.40. The van der Waals surface area contributed by atoms with Gasteiger partial charge in [0.25, 0.3) is 0 Å². The van der Waals surface area contributed by atoms with E-state index in [9.17, 15) is 0 Å². The average Bonchev–Trinajstić information content (AvgIpc) is 2.24. The summed E-state index contributed by atoms with van der Waals surface area (Å²) in [5.41, 5.74) is 0.964. The maximum absolute atomic E-state index is 5.40. The van der Waals surface area contributed by atoms with Gasteiger partial charge in [0.15, 0.2) is 5.75 Å². The molecule has 0 amide bonds. The molecule has 1 aromatic rings. The first-order chi connectivity index (χ1) is 7.24. The smallest absolute Gasteiger partial charge is 0.152 e. The van der Waals surface area contributed by atoms with E-state index in [-0.39, 0.29) is 0 Å². The fraction of sp³-hybridized carbons (Fsp3) is 0.545. The molecule has 0 aliphatic carbocycles. The lowest BCUT2D eigenvalue weighted by Crippen LogP contribution is -2.05. The Balaban J connectivity index is 0.000000921. The summed E-state index contributed by atoms with van der Waals surface area (Å²) < 4.78 is 11.0.